The molecule has 1 fully saturated rings. The Morgan fingerprint density at radius 3 is 2.68 bits per heavy atom. The lowest BCUT2D eigenvalue weighted by Gasteiger charge is -2.33. The van der Waals surface area contributed by atoms with Gasteiger partial charge in [-0.1, -0.05) is 12.1 Å². The first kappa shape index (κ1) is 14.7. The van der Waals surface area contributed by atoms with E-state index in [0.717, 1.165) is 17.1 Å². The van der Waals surface area contributed by atoms with Gasteiger partial charge in [-0.2, -0.15) is 0 Å². The number of hydrogen-bond donors (Lipinski definition) is 2. The summed E-state index contributed by atoms with van der Waals surface area (Å²) >= 11 is 0. The zero-order chi connectivity index (χ0) is 15.7. The highest BCUT2D eigenvalue weighted by Crippen LogP contribution is 2.19. The molecular weight excluding hydrogens is 283 g/mol. The van der Waals surface area contributed by atoms with Crippen LogP contribution in [0.4, 0.5) is 4.39 Å². The van der Waals surface area contributed by atoms with Gasteiger partial charge in [0.05, 0.1) is 0 Å². The van der Waals surface area contributed by atoms with Crippen LogP contribution in [0.2, 0.25) is 0 Å². The predicted octanol–water partition coefficient (Wildman–Crippen LogP) is 1.95. The minimum atomic E-state index is -0.255. The molecule has 5 nitrogen and oxygen atoms in total. The number of rotatable bonds is 2. The molecule has 1 aromatic carbocycles. The van der Waals surface area contributed by atoms with Crippen LogP contribution in [0.5, 0.6) is 0 Å². The van der Waals surface area contributed by atoms with E-state index >= 15 is 0 Å². The normalized spacial score (nSPS) is 18.5. The Labute approximate surface area is 128 Å². The first-order valence-corrected chi connectivity index (χ1v) is 7.36. The third-order valence-electron chi connectivity index (χ3n) is 3.94. The number of halogens is 1. The smallest absolute Gasteiger partial charge is 0.274 e. The van der Waals surface area contributed by atoms with Crippen LogP contribution in [0.15, 0.2) is 24.3 Å². The second-order valence-electron chi connectivity index (χ2n) is 5.61. The first-order valence-electron chi connectivity index (χ1n) is 7.36. The van der Waals surface area contributed by atoms with Gasteiger partial charge in [-0.15, -0.1) is 0 Å². The quantitative estimate of drug-likeness (QED) is 0.891. The van der Waals surface area contributed by atoms with Crippen LogP contribution in [0.25, 0.3) is 0 Å². The number of benzene rings is 1. The lowest BCUT2D eigenvalue weighted by atomic mass is 10.0. The molecule has 2 heterocycles. The van der Waals surface area contributed by atoms with Gasteiger partial charge in [0.1, 0.15) is 17.3 Å². The fourth-order valence-corrected chi connectivity index (χ4v) is 2.82. The van der Waals surface area contributed by atoms with Crippen LogP contribution in [0.1, 0.15) is 33.6 Å². The molecule has 0 aliphatic carbocycles. The minimum absolute atomic E-state index is 0.0126. The Morgan fingerprint density at radius 2 is 2.05 bits per heavy atom. The van der Waals surface area contributed by atoms with E-state index in [1.54, 1.807) is 17.0 Å². The third kappa shape index (κ3) is 2.87. The van der Waals surface area contributed by atoms with E-state index < -0.39 is 0 Å². The SMILES string of the molecule is Cc1nc(C(=O)N2CCNC(c3ccc(F)cc3)C2)c(C)[nH]1. The lowest BCUT2D eigenvalue weighted by Crippen LogP contribution is -2.48. The van der Waals surface area contributed by atoms with Gasteiger partial charge in [0.25, 0.3) is 5.91 Å². The second-order valence-corrected chi connectivity index (χ2v) is 5.61. The fourth-order valence-electron chi connectivity index (χ4n) is 2.82. The van der Waals surface area contributed by atoms with Crippen LogP contribution in [-0.2, 0) is 0 Å². The van der Waals surface area contributed by atoms with E-state index in [4.69, 9.17) is 0 Å². The van der Waals surface area contributed by atoms with E-state index in [1.165, 1.54) is 12.1 Å². The summed E-state index contributed by atoms with van der Waals surface area (Å²) in [6.07, 6.45) is 0. The van der Waals surface area contributed by atoms with Crippen LogP contribution < -0.4 is 5.32 Å². The number of aromatic nitrogens is 2. The average Bonchev–Trinajstić information content (AvgIpc) is 2.86. The summed E-state index contributed by atoms with van der Waals surface area (Å²) in [6.45, 7) is 5.59. The van der Waals surface area contributed by atoms with E-state index in [-0.39, 0.29) is 17.8 Å². The van der Waals surface area contributed by atoms with E-state index in [1.807, 2.05) is 13.8 Å². The predicted molar refractivity (Wildman–Crippen MR) is 81.1 cm³/mol. The van der Waals surface area contributed by atoms with Crippen molar-refractivity contribution in [1.29, 1.82) is 0 Å². The molecule has 2 aromatic rings. The van der Waals surface area contributed by atoms with Crippen LogP contribution >= 0.6 is 0 Å². The van der Waals surface area contributed by atoms with Crippen molar-refractivity contribution in [2.45, 2.75) is 19.9 Å². The van der Waals surface area contributed by atoms with Crippen molar-refractivity contribution in [2.75, 3.05) is 19.6 Å². The zero-order valence-corrected chi connectivity index (χ0v) is 12.7. The van der Waals surface area contributed by atoms with Crippen molar-refractivity contribution in [3.63, 3.8) is 0 Å². The molecule has 1 aliphatic heterocycles. The summed E-state index contributed by atoms with van der Waals surface area (Å²) in [7, 11) is 0. The Bertz CT molecular complexity index is 680. The maximum absolute atomic E-state index is 13.0. The van der Waals surface area contributed by atoms with Crippen molar-refractivity contribution in [2.24, 2.45) is 0 Å². The highest BCUT2D eigenvalue weighted by Gasteiger charge is 2.27. The molecule has 3 rings (SSSR count). The highest BCUT2D eigenvalue weighted by molar-refractivity contribution is 5.93. The van der Waals surface area contributed by atoms with E-state index in [2.05, 4.69) is 15.3 Å². The summed E-state index contributed by atoms with van der Waals surface area (Å²) in [4.78, 5) is 21.8. The summed E-state index contributed by atoms with van der Waals surface area (Å²) in [6, 6.07) is 6.41. The number of aryl methyl sites for hydroxylation is 2. The Hall–Kier alpha value is -2.21. The van der Waals surface area contributed by atoms with Crippen molar-refractivity contribution < 1.29 is 9.18 Å². The standard InChI is InChI=1S/C16H19FN4O/c1-10-15(20-11(2)19-10)16(22)21-8-7-18-14(9-21)12-3-5-13(17)6-4-12/h3-6,14,18H,7-9H2,1-2H3,(H,19,20). The van der Waals surface area contributed by atoms with Gasteiger partial charge in [0.15, 0.2) is 0 Å². The third-order valence-corrected chi connectivity index (χ3v) is 3.94. The topological polar surface area (TPSA) is 61.0 Å². The van der Waals surface area contributed by atoms with Gasteiger partial charge in [-0.05, 0) is 31.5 Å². The van der Waals surface area contributed by atoms with Gasteiger partial charge in [-0.3, -0.25) is 4.79 Å². The number of nitrogens with one attached hydrogen (secondary N) is 2. The number of nitrogens with zero attached hydrogens (tertiary/aromatic N) is 2. The number of imidazole rings is 1. The van der Waals surface area contributed by atoms with Crippen LogP contribution in [0.3, 0.4) is 0 Å². The summed E-state index contributed by atoms with van der Waals surface area (Å²) < 4.78 is 13.0. The molecule has 1 atom stereocenters. The highest BCUT2D eigenvalue weighted by atomic mass is 19.1. The molecule has 0 radical (unpaired) electrons. The molecule has 0 bridgehead atoms. The molecule has 6 heteroatoms. The van der Waals surface area contributed by atoms with Crippen molar-refractivity contribution in [1.82, 2.24) is 20.2 Å². The number of aromatic amines is 1. The van der Waals surface area contributed by atoms with Gasteiger partial charge in [0.2, 0.25) is 0 Å². The minimum Gasteiger partial charge on any atom is -0.346 e. The van der Waals surface area contributed by atoms with E-state index in [0.29, 0.717) is 25.3 Å². The maximum atomic E-state index is 13.0. The molecular formula is C16H19FN4O. The largest absolute Gasteiger partial charge is 0.346 e. The molecule has 1 aromatic heterocycles. The number of amides is 1. The first-order chi connectivity index (χ1) is 10.5. The van der Waals surface area contributed by atoms with Crippen molar-refractivity contribution in [3.05, 3.63) is 52.9 Å². The van der Waals surface area contributed by atoms with Gasteiger partial charge >= 0.3 is 0 Å². The second kappa shape index (κ2) is 5.88. The zero-order valence-electron chi connectivity index (χ0n) is 12.7. The molecule has 0 saturated carbocycles. The number of carbonyl (C=O) groups excluding carboxylic acids is 1. The summed E-state index contributed by atoms with van der Waals surface area (Å²) in [5.41, 5.74) is 2.26. The molecule has 1 unspecified atom stereocenters. The van der Waals surface area contributed by atoms with Crippen molar-refractivity contribution in [3.8, 4) is 0 Å². The number of piperazine rings is 1. The Kier molecular flexibility index (Phi) is 3.94. The molecule has 2 N–H and O–H groups in total. The van der Waals surface area contributed by atoms with Crippen molar-refractivity contribution >= 4 is 5.91 Å². The fraction of sp³-hybridized carbons (Fsp3) is 0.375. The lowest BCUT2D eigenvalue weighted by molar-refractivity contribution is 0.0696. The Morgan fingerprint density at radius 1 is 1.32 bits per heavy atom. The van der Waals surface area contributed by atoms with Gasteiger partial charge in [-0.25, -0.2) is 9.37 Å². The van der Waals surface area contributed by atoms with Gasteiger partial charge in [0, 0.05) is 31.4 Å². The molecule has 116 valence electrons. The molecule has 0 spiro atoms. The molecule has 22 heavy (non-hydrogen) atoms. The summed E-state index contributed by atoms with van der Waals surface area (Å²) in [5, 5.41) is 3.37. The van der Waals surface area contributed by atoms with Crippen LogP contribution in [0, 0.1) is 19.7 Å². The number of hydrogen-bond acceptors (Lipinski definition) is 3. The molecule has 1 amide bonds. The maximum Gasteiger partial charge on any atom is 0.274 e. The van der Waals surface area contributed by atoms with E-state index in [9.17, 15) is 9.18 Å². The van der Waals surface area contributed by atoms with Gasteiger partial charge < -0.3 is 15.2 Å². The average molecular weight is 302 g/mol. The molecule has 1 aliphatic rings. The number of H-pyrrole nitrogens is 1. The number of carbonyl (C=O) groups is 1. The monoisotopic (exact) mass is 302 g/mol. The molecule has 1 saturated heterocycles. The van der Waals surface area contributed by atoms with Crippen LogP contribution in [-0.4, -0.2) is 40.4 Å². The Balaban J connectivity index is 1.76. The summed E-state index contributed by atoms with van der Waals surface area (Å²) in [5.74, 6) is 0.427.